The van der Waals surface area contributed by atoms with E-state index in [0.29, 0.717) is 5.75 Å². The molecule has 0 saturated carbocycles. The molecule has 2 aromatic heterocycles. The number of likely N-dealkylation sites (N-methyl/N-ethyl adjacent to an activating group) is 1. The maximum atomic E-state index is 12.6. The Morgan fingerprint density at radius 2 is 1.88 bits per heavy atom. The first kappa shape index (κ1) is 23.9. The van der Waals surface area contributed by atoms with Gasteiger partial charge in [-0.1, -0.05) is 6.07 Å². The van der Waals surface area contributed by atoms with Crippen LogP contribution in [0.25, 0.3) is 10.4 Å². The van der Waals surface area contributed by atoms with Gasteiger partial charge in [0.2, 0.25) is 5.91 Å². The van der Waals surface area contributed by atoms with Crippen molar-refractivity contribution in [3.63, 3.8) is 0 Å². The molecule has 0 aliphatic rings. The molecule has 0 aliphatic carbocycles. The molecule has 3 aromatic rings. The summed E-state index contributed by atoms with van der Waals surface area (Å²) in [6.07, 6.45) is 0. The SMILES string of the molecule is CCOC(=O)c1sc(-c2ccc(OC)cc2)cc1NC(=O)CN(C)S(=O)(=O)c1cccs1. The van der Waals surface area contributed by atoms with Crippen LogP contribution in [0.3, 0.4) is 0 Å². The van der Waals surface area contributed by atoms with Crippen molar-refractivity contribution < 1.29 is 27.5 Å². The first-order valence-corrected chi connectivity index (χ1v) is 12.6. The molecule has 0 fully saturated rings. The number of esters is 1. The predicted molar refractivity (Wildman–Crippen MR) is 125 cm³/mol. The summed E-state index contributed by atoms with van der Waals surface area (Å²) in [4.78, 5) is 26.0. The number of nitrogens with zero attached hydrogens (tertiary/aromatic N) is 1. The molecule has 8 nitrogen and oxygen atoms in total. The van der Waals surface area contributed by atoms with Crippen molar-refractivity contribution in [2.24, 2.45) is 0 Å². The molecule has 11 heteroatoms. The molecule has 2 heterocycles. The maximum Gasteiger partial charge on any atom is 0.350 e. The van der Waals surface area contributed by atoms with Crippen LogP contribution in [0.1, 0.15) is 16.6 Å². The minimum Gasteiger partial charge on any atom is -0.497 e. The number of thiophene rings is 2. The number of rotatable bonds is 9. The molecule has 3 rings (SSSR count). The molecule has 0 unspecified atom stereocenters. The lowest BCUT2D eigenvalue weighted by atomic mass is 10.2. The Balaban J connectivity index is 1.82. The van der Waals surface area contributed by atoms with Crippen LogP contribution in [0.5, 0.6) is 5.75 Å². The van der Waals surface area contributed by atoms with Gasteiger partial charge in [-0.05, 0) is 54.3 Å². The van der Waals surface area contributed by atoms with Crippen LogP contribution in [-0.4, -0.2) is 51.9 Å². The van der Waals surface area contributed by atoms with Gasteiger partial charge in [0.25, 0.3) is 10.0 Å². The molecule has 0 spiro atoms. The molecule has 0 radical (unpaired) electrons. The third kappa shape index (κ3) is 5.36. The molecule has 1 N–H and O–H groups in total. The lowest BCUT2D eigenvalue weighted by molar-refractivity contribution is -0.116. The molecule has 0 bridgehead atoms. The molecular weight excluding hydrogens is 472 g/mol. The van der Waals surface area contributed by atoms with Crippen molar-refractivity contribution in [1.29, 1.82) is 0 Å². The Hall–Kier alpha value is -2.73. The van der Waals surface area contributed by atoms with Gasteiger partial charge in [0.1, 0.15) is 14.8 Å². The van der Waals surface area contributed by atoms with Crippen molar-refractivity contribution in [3.8, 4) is 16.2 Å². The van der Waals surface area contributed by atoms with E-state index in [0.717, 1.165) is 26.1 Å². The van der Waals surface area contributed by atoms with Gasteiger partial charge in [0, 0.05) is 11.9 Å². The zero-order chi connectivity index (χ0) is 23.3. The molecular formula is C21H22N2O6S3. The summed E-state index contributed by atoms with van der Waals surface area (Å²) in [5.74, 6) is -0.441. The Morgan fingerprint density at radius 3 is 2.47 bits per heavy atom. The number of benzene rings is 1. The highest BCUT2D eigenvalue weighted by molar-refractivity contribution is 7.91. The van der Waals surface area contributed by atoms with Crippen LogP contribution in [0.15, 0.2) is 52.1 Å². The second kappa shape index (κ2) is 10.3. The number of methoxy groups -OCH3 is 1. The Labute approximate surface area is 194 Å². The van der Waals surface area contributed by atoms with Crippen LogP contribution >= 0.6 is 22.7 Å². The first-order valence-electron chi connectivity index (χ1n) is 9.51. The molecule has 0 aliphatic heterocycles. The molecule has 32 heavy (non-hydrogen) atoms. The van der Waals surface area contributed by atoms with Gasteiger partial charge < -0.3 is 14.8 Å². The fourth-order valence-corrected chi connectivity index (χ4v) is 6.11. The molecule has 0 atom stereocenters. The lowest BCUT2D eigenvalue weighted by Gasteiger charge is -2.15. The standard InChI is InChI=1S/C21H22N2O6S3/c1-4-29-21(25)20-16(12-17(31-20)14-7-9-15(28-3)10-8-14)22-18(24)13-23(2)32(26,27)19-6-5-11-30-19/h5-12H,4,13H2,1-3H3,(H,22,24). The summed E-state index contributed by atoms with van der Waals surface area (Å²) in [5, 5.41) is 4.31. The quantitative estimate of drug-likeness (QED) is 0.453. The summed E-state index contributed by atoms with van der Waals surface area (Å²) in [6.45, 7) is 1.47. The topological polar surface area (TPSA) is 102 Å². The van der Waals surface area contributed by atoms with E-state index in [1.54, 1.807) is 43.7 Å². The van der Waals surface area contributed by atoms with Gasteiger partial charge in [-0.2, -0.15) is 4.31 Å². The van der Waals surface area contributed by atoms with E-state index in [2.05, 4.69) is 5.32 Å². The highest BCUT2D eigenvalue weighted by atomic mass is 32.2. The lowest BCUT2D eigenvalue weighted by Crippen LogP contribution is -2.34. The predicted octanol–water partition coefficient (Wildman–Crippen LogP) is 3.92. The highest BCUT2D eigenvalue weighted by Crippen LogP contribution is 2.36. The van der Waals surface area contributed by atoms with Crippen molar-refractivity contribution >= 4 is 50.3 Å². The molecule has 1 amide bonds. The molecule has 1 aromatic carbocycles. The summed E-state index contributed by atoms with van der Waals surface area (Å²) < 4.78 is 36.5. The van der Waals surface area contributed by atoms with Gasteiger partial charge in [-0.15, -0.1) is 22.7 Å². The summed E-state index contributed by atoms with van der Waals surface area (Å²) in [5.41, 5.74) is 1.10. The fraction of sp³-hybridized carbons (Fsp3) is 0.238. The number of carbonyl (C=O) groups is 2. The third-order valence-corrected chi connectivity index (χ3v) is 8.71. The zero-order valence-electron chi connectivity index (χ0n) is 17.7. The number of ether oxygens (including phenoxy) is 2. The van der Waals surface area contributed by atoms with Gasteiger partial charge in [-0.25, -0.2) is 13.2 Å². The fourth-order valence-electron chi connectivity index (χ4n) is 2.77. The minimum atomic E-state index is -3.77. The average Bonchev–Trinajstić information content (AvgIpc) is 3.45. The first-order chi connectivity index (χ1) is 15.3. The van der Waals surface area contributed by atoms with Gasteiger partial charge in [0.15, 0.2) is 0 Å². The third-order valence-electron chi connectivity index (χ3n) is 4.37. The largest absolute Gasteiger partial charge is 0.497 e. The molecule has 0 saturated heterocycles. The van der Waals surface area contributed by atoms with Crippen LogP contribution in [0.4, 0.5) is 5.69 Å². The minimum absolute atomic E-state index is 0.150. The maximum absolute atomic E-state index is 12.6. The van der Waals surface area contributed by atoms with E-state index in [4.69, 9.17) is 9.47 Å². The van der Waals surface area contributed by atoms with Crippen LogP contribution < -0.4 is 10.1 Å². The van der Waals surface area contributed by atoms with E-state index in [9.17, 15) is 18.0 Å². The van der Waals surface area contributed by atoms with E-state index < -0.39 is 28.4 Å². The number of hydrogen-bond donors (Lipinski definition) is 1. The second-order valence-electron chi connectivity index (χ2n) is 6.54. The number of amides is 1. The number of hydrogen-bond acceptors (Lipinski definition) is 8. The Kier molecular flexibility index (Phi) is 7.67. The van der Waals surface area contributed by atoms with Crippen molar-refractivity contribution in [2.75, 3.05) is 32.6 Å². The van der Waals surface area contributed by atoms with Crippen molar-refractivity contribution in [1.82, 2.24) is 4.31 Å². The summed E-state index contributed by atoms with van der Waals surface area (Å²) >= 11 is 2.25. The van der Waals surface area contributed by atoms with E-state index in [-0.39, 0.29) is 21.4 Å². The van der Waals surface area contributed by atoms with Gasteiger partial charge in [-0.3, -0.25) is 4.79 Å². The summed E-state index contributed by atoms with van der Waals surface area (Å²) in [7, 11) is -0.870. The number of nitrogens with one attached hydrogen (secondary N) is 1. The number of anilines is 1. The molecule has 170 valence electrons. The van der Waals surface area contributed by atoms with Crippen LogP contribution in [0, 0.1) is 0 Å². The van der Waals surface area contributed by atoms with E-state index in [1.807, 2.05) is 12.1 Å². The highest BCUT2D eigenvalue weighted by Gasteiger charge is 2.25. The number of sulfonamides is 1. The normalized spacial score (nSPS) is 11.4. The summed E-state index contributed by atoms with van der Waals surface area (Å²) in [6, 6.07) is 12.0. The number of carbonyl (C=O) groups excluding carboxylic acids is 2. The van der Waals surface area contributed by atoms with Crippen LogP contribution in [0.2, 0.25) is 0 Å². The second-order valence-corrected chi connectivity index (χ2v) is 10.8. The Bertz CT molecular complexity index is 1180. The average molecular weight is 495 g/mol. The van der Waals surface area contributed by atoms with E-state index >= 15 is 0 Å². The Morgan fingerprint density at radius 1 is 1.16 bits per heavy atom. The van der Waals surface area contributed by atoms with E-state index in [1.165, 1.54) is 24.5 Å². The smallest absolute Gasteiger partial charge is 0.350 e. The van der Waals surface area contributed by atoms with Gasteiger partial charge >= 0.3 is 5.97 Å². The van der Waals surface area contributed by atoms with Gasteiger partial charge in [0.05, 0.1) is 25.9 Å². The van der Waals surface area contributed by atoms with Crippen molar-refractivity contribution in [2.45, 2.75) is 11.1 Å². The zero-order valence-corrected chi connectivity index (χ0v) is 20.1. The van der Waals surface area contributed by atoms with Crippen LogP contribution in [-0.2, 0) is 19.6 Å². The monoisotopic (exact) mass is 494 g/mol. The van der Waals surface area contributed by atoms with Crippen molar-refractivity contribution in [3.05, 3.63) is 52.7 Å².